The minimum Gasteiger partial charge on any atom is -0.465 e. The van der Waals surface area contributed by atoms with Crippen molar-refractivity contribution in [3.05, 3.63) is 34.9 Å². The number of hydrogen-bond donors (Lipinski definition) is 1. The second kappa shape index (κ2) is 6.44. The van der Waals surface area contributed by atoms with Crippen LogP contribution < -0.4 is 0 Å². The first-order valence-corrected chi connectivity index (χ1v) is 8.07. The van der Waals surface area contributed by atoms with Gasteiger partial charge in [-0.25, -0.2) is 4.79 Å². The molecule has 2 unspecified atom stereocenters. The van der Waals surface area contributed by atoms with E-state index in [0.29, 0.717) is 25.9 Å². The summed E-state index contributed by atoms with van der Waals surface area (Å²) in [6.07, 6.45) is -7.16. The highest BCUT2D eigenvalue weighted by molar-refractivity contribution is 6.30. The maximum atomic E-state index is 13.4. The quantitative estimate of drug-likeness (QED) is 0.868. The maximum Gasteiger partial charge on any atom is 0.418 e. The minimum absolute atomic E-state index is 0.0146. The molecule has 0 bridgehead atoms. The maximum absolute atomic E-state index is 13.4. The van der Waals surface area contributed by atoms with Crippen LogP contribution in [0.5, 0.6) is 0 Å². The van der Waals surface area contributed by atoms with Crippen molar-refractivity contribution in [1.29, 1.82) is 0 Å². The van der Waals surface area contributed by atoms with Crippen LogP contribution in [0.15, 0.2) is 24.3 Å². The van der Waals surface area contributed by atoms with Crippen molar-refractivity contribution >= 4 is 17.7 Å². The second-order valence-corrected chi connectivity index (χ2v) is 6.85. The van der Waals surface area contributed by atoms with E-state index in [4.69, 9.17) is 21.4 Å². The number of amides is 1. The standard InChI is InChI=1S/C16H17ClF3NO3/c17-12-3-1-2-9(4-12)14(16(18,19)20)24-13-5-10-7-21(15(22)23)8-11(10)6-13/h1-4,10-11,13-14H,5-8H2,(H,22,23)/t10-,11+,13?,14?. The van der Waals surface area contributed by atoms with Crippen molar-refractivity contribution in [2.24, 2.45) is 11.8 Å². The Morgan fingerprint density at radius 1 is 1.29 bits per heavy atom. The van der Waals surface area contributed by atoms with Gasteiger partial charge in [-0.05, 0) is 42.4 Å². The molecule has 0 aromatic heterocycles. The Morgan fingerprint density at radius 3 is 2.42 bits per heavy atom. The van der Waals surface area contributed by atoms with Gasteiger partial charge in [-0.2, -0.15) is 13.2 Å². The molecular formula is C16H17ClF3NO3. The van der Waals surface area contributed by atoms with Crippen molar-refractivity contribution in [2.75, 3.05) is 13.1 Å². The molecule has 4 nitrogen and oxygen atoms in total. The van der Waals surface area contributed by atoms with Crippen LogP contribution in [0.3, 0.4) is 0 Å². The number of ether oxygens (including phenoxy) is 1. The molecule has 1 saturated heterocycles. The molecule has 1 saturated carbocycles. The van der Waals surface area contributed by atoms with Gasteiger partial charge in [0, 0.05) is 18.1 Å². The number of carboxylic acid groups (broad SMARTS) is 1. The third-order valence-corrected chi connectivity index (χ3v) is 4.99. The summed E-state index contributed by atoms with van der Waals surface area (Å²) in [5.74, 6) is 0.138. The predicted octanol–water partition coefficient (Wildman–Crippen LogP) is 4.35. The molecule has 1 aromatic carbocycles. The van der Waals surface area contributed by atoms with E-state index in [1.807, 2.05) is 0 Å². The van der Waals surface area contributed by atoms with Crippen LogP contribution in [-0.4, -0.2) is 41.5 Å². The van der Waals surface area contributed by atoms with E-state index >= 15 is 0 Å². The minimum atomic E-state index is -4.53. The average Bonchev–Trinajstić information content (AvgIpc) is 3.01. The normalized spacial score (nSPS) is 28.0. The van der Waals surface area contributed by atoms with E-state index in [-0.39, 0.29) is 22.4 Å². The van der Waals surface area contributed by atoms with Crippen molar-refractivity contribution in [3.63, 3.8) is 0 Å². The molecule has 8 heteroatoms. The summed E-state index contributed by atoms with van der Waals surface area (Å²) in [6.45, 7) is 0.738. The van der Waals surface area contributed by atoms with Crippen molar-refractivity contribution in [1.82, 2.24) is 4.90 Å². The van der Waals surface area contributed by atoms with E-state index < -0.39 is 24.5 Å². The molecular weight excluding hydrogens is 347 g/mol. The van der Waals surface area contributed by atoms with Crippen LogP contribution in [0.1, 0.15) is 24.5 Å². The van der Waals surface area contributed by atoms with E-state index in [9.17, 15) is 18.0 Å². The fraction of sp³-hybridized carbons (Fsp3) is 0.562. The average molecular weight is 364 g/mol. The summed E-state index contributed by atoms with van der Waals surface area (Å²) >= 11 is 5.80. The molecule has 2 fully saturated rings. The lowest BCUT2D eigenvalue weighted by Gasteiger charge is -2.26. The fourth-order valence-corrected chi connectivity index (χ4v) is 3.92. The molecule has 1 amide bonds. The van der Waals surface area contributed by atoms with Gasteiger partial charge in [0.2, 0.25) is 0 Å². The van der Waals surface area contributed by atoms with Crippen LogP contribution >= 0.6 is 11.6 Å². The summed E-state index contributed by atoms with van der Waals surface area (Å²) in [5, 5.41) is 9.22. The lowest BCUT2D eigenvalue weighted by Crippen LogP contribution is -2.31. The van der Waals surface area contributed by atoms with E-state index in [1.54, 1.807) is 0 Å². The molecule has 1 aliphatic carbocycles. The fourth-order valence-electron chi connectivity index (χ4n) is 3.72. The molecule has 2 aliphatic rings. The molecule has 3 rings (SSSR count). The highest BCUT2D eigenvalue weighted by atomic mass is 35.5. The Labute approximate surface area is 142 Å². The van der Waals surface area contributed by atoms with Gasteiger partial charge in [0.25, 0.3) is 0 Å². The molecule has 4 atom stereocenters. The number of nitrogens with zero attached hydrogens (tertiary/aromatic N) is 1. The third-order valence-electron chi connectivity index (χ3n) is 4.76. The summed E-state index contributed by atoms with van der Waals surface area (Å²) in [4.78, 5) is 12.3. The predicted molar refractivity (Wildman–Crippen MR) is 80.9 cm³/mol. The molecule has 24 heavy (non-hydrogen) atoms. The highest BCUT2D eigenvalue weighted by Crippen LogP contribution is 2.44. The van der Waals surface area contributed by atoms with Gasteiger partial charge in [0.05, 0.1) is 6.10 Å². The first kappa shape index (κ1) is 17.4. The smallest absolute Gasteiger partial charge is 0.418 e. The Morgan fingerprint density at radius 2 is 1.92 bits per heavy atom. The van der Waals surface area contributed by atoms with Crippen LogP contribution in [0.25, 0.3) is 0 Å². The van der Waals surface area contributed by atoms with Crippen molar-refractivity contribution < 1.29 is 27.8 Å². The lowest BCUT2D eigenvalue weighted by molar-refractivity contribution is -0.236. The molecule has 132 valence electrons. The van der Waals surface area contributed by atoms with Gasteiger partial charge < -0.3 is 14.7 Å². The number of halogens is 4. The van der Waals surface area contributed by atoms with E-state index in [0.717, 1.165) is 0 Å². The summed E-state index contributed by atoms with van der Waals surface area (Å²) in [7, 11) is 0. The third kappa shape index (κ3) is 3.62. The van der Waals surface area contributed by atoms with Crippen molar-refractivity contribution in [2.45, 2.75) is 31.2 Å². The zero-order valence-corrected chi connectivity index (χ0v) is 13.4. The lowest BCUT2D eigenvalue weighted by atomic mass is 10.0. The van der Waals surface area contributed by atoms with Crippen LogP contribution in [0.4, 0.5) is 18.0 Å². The Balaban J connectivity index is 1.69. The summed E-state index contributed by atoms with van der Waals surface area (Å²) < 4.78 is 45.6. The zero-order valence-electron chi connectivity index (χ0n) is 12.7. The van der Waals surface area contributed by atoms with Gasteiger partial charge in [-0.15, -0.1) is 0 Å². The molecule has 1 aromatic rings. The number of benzene rings is 1. The van der Waals surface area contributed by atoms with E-state index in [1.165, 1.54) is 29.2 Å². The summed E-state index contributed by atoms with van der Waals surface area (Å²) in [5.41, 5.74) is -0.0146. The Kier molecular flexibility index (Phi) is 4.66. The molecule has 1 N–H and O–H groups in total. The molecule has 0 spiro atoms. The first-order chi connectivity index (χ1) is 11.2. The Bertz CT molecular complexity index is 611. The number of fused-ring (bicyclic) bond motifs is 1. The van der Waals surface area contributed by atoms with Crippen LogP contribution in [0, 0.1) is 11.8 Å². The number of carbonyl (C=O) groups is 1. The topological polar surface area (TPSA) is 49.8 Å². The van der Waals surface area contributed by atoms with Gasteiger partial charge in [0.15, 0.2) is 6.10 Å². The van der Waals surface area contributed by atoms with Gasteiger partial charge in [-0.3, -0.25) is 0 Å². The van der Waals surface area contributed by atoms with Gasteiger partial charge in [-0.1, -0.05) is 23.7 Å². The number of likely N-dealkylation sites (tertiary alicyclic amines) is 1. The zero-order chi connectivity index (χ0) is 17.5. The SMILES string of the molecule is O=C(O)N1C[C@H]2CC(OC(c3cccc(Cl)c3)C(F)(F)F)C[C@H]2C1. The van der Waals surface area contributed by atoms with Gasteiger partial charge in [0.1, 0.15) is 0 Å². The number of hydrogen-bond acceptors (Lipinski definition) is 2. The molecule has 1 aliphatic heterocycles. The number of rotatable bonds is 3. The van der Waals surface area contributed by atoms with Crippen LogP contribution in [0.2, 0.25) is 5.02 Å². The second-order valence-electron chi connectivity index (χ2n) is 6.41. The Hall–Kier alpha value is -1.47. The molecule has 0 radical (unpaired) electrons. The van der Waals surface area contributed by atoms with Crippen molar-refractivity contribution in [3.8, 4) is 0 Å². The highest BCUT2D eigenvalue weighted by Gasteiger charge is 2.48. The van der Waals surface area contributed by atoms with Gasteiger partial charge >= 0.3 is 12.3 Å². The molecule has 1 heterocycles. The largest absolute Gasteiger partial charge is 0.465 e. The van der Waals surface area contributed by atoms with E-state index in [2.05, 4.69) is 0 Å². The monoisotopic (exact) mass is 363 g/mol. The number of alkyl halides is 3. The van der Waals surface area contributed by atoms with Crippen LogP contribution in [-0.2, 0) is 4.74 Å². The first-order valence-electron chi connectivity index (χ1n) is 7.69. The summed E-state index contributed by atoms with van der Waals surface area (Å²) in [6, 6.07) is 5.60.